The smallest absolute Gasteiger partial charge is 0.255 e. The van der Waals surface area contributed by atoms with E-state index in [1.165, 1.54) is 18.9 Å². The predicted molar refractivity (Wildman–Crippen MR) is 80.8 cm³/mol. The number of phenols is 1. The Kier molecular flexibility index (Phi) is 4.86. The molecule has 0 bridgehead atoms. The van der Waals surface area contributed by atoms with E-state index >= 15 is 0 Å². The molecule has 0 saturated heterocycles. The van der Waals surface area contributed by atoms with Gasteiger partial charge < -0.3 is 10.4 Å². The maximum Gasteiger partial charge on any atom is 0.255 e. The van der Waals surface area contributed by atoms with Gasteiger partial charge in [-0.05, 0) is 48.8 Å². The quantitative estimate of drug-likeness (QED) is 0.866. The van der Waals surface area contributed by atoms with Gasteiger partial charge in [-0.3, -0.25) is 4.79 Å². The molecule has 1 fully saturated rings. The molecule has 2 rings (SSSR count). The second-order valence-corrected chi connectivity index (χ2v) is 6.65. The van der Waals surface area contributed by atoms with Gasteiger partial charge in [0.15, 0.2) is 0 Å². The summed E-state index contributed by atoms with van der Waals surface area (Å²) >= 11 is 0. The van der Waals surface area contributed by atoms with Crippen LogP contribution in [0.15, 0.2) is 18.2 Å². The first kappa shape index (κ1) is 15.8. The van der Waals surface area contributed by atoms with Crippen LogP contribution in [-0.2, 0) is 0 Å². The first-order valence-electron chi connectivity index (χ1n) is 7.69. The lowest BCUT2D eigenvalue weighted by Gasteiger charge is -2.31. The van der Waals surface area contributed by atoms with Crippen molar-refractivity contribution in [1.82, 2.24) is 5.32 Å². The number of hydrogen-bond acceptors (Lipinski definition) is 2. The molecule has 0 atom stereocenters. The lowest BCUT2D eigenvalue weighted by Crippen LogP contribution is -2.37. The van der Waals surface area contributed by atoms with Crippen LogP contribution >= 0.6 is 0 Å². The number of aromatic hydroxyl groups is 1. The first-order chi connectivity index (χ1) is 9.92. The third kappa shape index (κ3) is 3.96. The van der Waals surface area contributed by atoms with E-state index in [9.17, 15) is 14.3 Å². The van der Waals surface area contributed by atoms with E-state index in [1.54, 1.807) is 0 Å². The molecule has 0 unspecified atom stereocenters. The van der Waals surface area contributed by atoms with Gasteiger partial charge in [-0.15, -0.1) is 0 Å². The highest BCUT2D eigenvalue weighted by molar-refractivity contribution is 5.96. The zero-order valence-corrected chi connectivity index (χ0v) is 12.8. The average Bonchev–Trinajstić information content (AvgIpc) is 2.87. The predicted octanol–water partition coefficient (Wildman–Crippen LogP) is 3.87. The number of carbonyl (C=O) groups excluding carboxylic acids is 1. The minimum absolute atomic E-state index is 0.00712. The second kappa shape index (κ2) is 6.46. The lowest BCUT2D eigenvalue weighted by atomic mass is 9.78. The molecule has 0 spiro atoms. The number of carbonyl (C=O) groups is 1. The summed E-state index contributed by atoms with van der Waals surface area (Å²) in [5.41, 5.74) is 0.167. The topological polar surface area (TPSA) is 49.3 Å². The number of hydrogen-bond donors (Lipinski definition) is 2. The SMILES string of the molecule is CC(C)CC1(CNC(=O)c2cc(F)ccc2O)CCCC1. The zero-order valence-electron chi connectivity index (χ0n) is 12.8. The number of rotatable bonds is 5. The Labute approximate surface area is 125 Å². The first-order valence-corrected chi connectivity index (χ1v) is 7.69. The summed E-state index contributed by atoms with van der Waals surface area (Å²) in [5, 5.41) is 12.6. The van der Waals surface area contributed by atoms with Gasteiger partial charge in [0, 0.05) is 6.54 Å². The number of benzene rings is 1. The molecule has 1 saturated carbocycles. The molecule has 1 aliphatic rings. The molecule has 1 aromatic carbocycles. The van der Waals surface area contributed by atoms with Crippen LogP contribution in [0.2, 0.25) is 0 Å². The van der Waals surface area contributed by atoms with Crippen LogP contribution in [0.25, 0.3) is 0 Å². The number of phenolic OH excluding ortho intramolecular Hbond substituents is 1. The van der Waals surface area contributed by atoms with Crippen molar-refractivity contribution in [2.45, 2.75) is 46.0 Å². The standard InChI is InChI=1S/C17H24FNO2/c1-12(2)10-17(7-3-4-8-17)11-19-16(21)14-9-13(18)5-6-15(14)20/h5-6,9,12,20H,3-4,7-8,10-11H2,1-2H3,(H,19,21). The van der Waals surface area contributed by atoms with Crippen LogP contribution in [0.3, 0.4) is 0 Å². The van der Waals surface area contributed by atoms with Crippen molar-refractivity contribution in [2.75, 3.05) is 6.54 Å². The monoisotopic (exact) mass is 293 g/mol. The van der Waals surface area contributed by atoms with Crippen LogP contribution in [0.4, 0.5) is 4.39 Å². The summed E-state index contributed by atoms with van der Waals surface area (Å²) < 4.78 is 13.2. The Morgan fingerprint density at radius 1 is 1.38 bits per heavy atom. The summed E-state index contributed by atoms with van der Waals surface area (Å²) in [7, 11) is 0. The molecule has 0 radical (unpaired) electrons. The van der Waals surface area contributed by atoms with Crippen LogP contribution in [0, 0.1) is 17.2 Å². The van der Waals surface area contributed by atoms with Crippen molar-refractivity contribution in [3.05, 3.63) is 29.6 Å². The van der Waals surface area contributed by atoms with E-state index in [2.05, 4.69) is 19.2 Å². The van der Waals surface area contributed by atoms with Crippen molar-refractivity contribution >= 4 is 5.91 Å². The molecular weight excluding hydrogens is 269 g/mol. The summed E-state index contributed by atoms with van der Waals surface area (Å²) in [6.45, 7) is 4.99. The zero-order chi connectivity index (χ0) is 15.5. The van der Waals surface area contributed by atoms with Gasteiger partial charge in [0.1, 0.15) is 11.6 Å². The van der Waals surface area contributed by atoms with Crippen LogP contribution in [-0.4, -0.2) is 17.6 Å². The van der Waals surface area contributed by atoms with Gasteiger partial charge in [-0.1, -0.05) is 26.7 Å². The Balaban J connectivity index is 2.03. The largest absolute Gasteiger partial charge is 0.507 e. The van der Waals surface area contributed by atoms with Gasteiger partial charge >= 0.3 is 0 Å². The van der Waals surface area contributed by atoms with Gasteiger partial charge in [-0.25, -0.2) is 4.39 Å². The Hall–Kier alpha value is -1.58. The molecule has 4 heteroatoms. The number of halogens is 1. The van der Waals surface area contributed by atoms with Crippen LogP contribution < -0.4 is 5.32 Å². The number of nitrogens with one attached hydrogen (secondary N) is 1. The molecule has 2 N–H and O–H groups in total. The third-order valence-corrected chi connectivity index (χ3v) is 4.33. The maximum absolute atomic E-state index is 13.2. The van der Waals surface area contributed by atoms with E-state index in [0.717, 1.165) is 31.4 Å². The summed E-state index contributed by atoms with van der Waals surface area (Å²) in [6.07, 6.45) is 5.74. The van der Waals surface area contributed by atoms with Gasteiger partial charge in [-0.2, -0.15) is 0 Å². The molecule has 3 nitrogen and oxygen atoms in total. The fraction of sp³-hybridized carbons (Fsp3) is 0.588. The van der Waals surface area contributed by atoms with Crippen molar-refractivity contribution in [3.8, 4) is 5.75 Å². The van der Waals surface area contributed by atoms with E-state index in [-0.39, 0.29) is 16.7 Å². The van der Waals surface area contributed by atoms with E-state index in [1.807, 2.05) is 0 Å². The molecule has 0 heterocycles. The molecule has 0 aromatic heterocycles. The maximum atomic E-state index is 13.2. The highest BCUT2D eigenvalue weighted by Crippen LogP contribution is 2.42. The van der Waals surface area contributed by atoms with E-state index < -0.39 is 11.7 Å². The molecule has 0 aliphatic heterocycles. The fourth-order valence-electron chi connectivity index (χ4n) is 3.50. The van der Waals surface area contributed by atoms with E-state index in [0.29, 0.717) is 12.5 Å². The molecular formula is C17H24FNO2. The van der Waals surface area contributed by atoms with Crippen molar-refractivity contribution in [2.24, 2.45) is 11.3 Å². The molecule has 1 amide bonds. The normalized spacial score (nSPS) is 17.1. The van der Waals surface area contributed by atoms with Crippen molar-refractivity contribution in [3.63, 3.8) is 0 Å². The molecule has 1 aliphatic carbocycles. The molecule has 116 valence electrons. The van der Waals surface area contributed by atoms with Gasteiger partial charge in [0.2, 0.25) is 0 Å². The summed E-state index contributed by atoms with van der Waals surface area (Å²) in [5.74, 6) is -0.515. The molecule has 1 aromatic rings. The summed E-state index contributed by atoms with van der Waals surface area (Å²) in [6, 6.07) is 3.43. The van der Waals surface area contributed by atoms with Crippen LogP contribution in [0.1, 0.15) is 56.3 Å². The Morgan fingerprint density at radius 3 is 2.67 bits per heavy atom. The highest BCUT2D eigenvalue weighted by atomic mass is 19.1. The second-order valence-electron chi connectivity index (χ2n) is 6.65. The summed E-state index contributed by atoms with van der Waals surface area (Å²) in [4.78, 5) is 12.2. The third-order valence-electron chi connectivity index (χ3n) is 4.33. The van der Waals surface area contributed by atoms with Crippen molar-refractivity contribution in [1.29, 1.82) is 0 Å². The number of amides is 1. The Bertz CT molecular complexity index is 508. The van der Waals surface area contributed by atoms with Gasteiger partial charge in [0.25, 0.3) is 5.91 Å². The van der Waals surface area contributed by atoms with Gasteiger partial charge in [0.05, 0.1) is 5.56 Å². The van der Waals surface area contributed by atoms with E-state index in [4.69, 9.17) is 0 Å². The fourth-order valence-corrected chi connectivity index (χ4v) is 3.50. The molecule has 21 heavy (non-hydrogen) atoms. The minimum atomic E-state index is -0.518. The van der Waals surface area contributed by atoms with Crippen LogP contribution in [0.5, 0.6) is 5.75 Å². The highest BCUT2D eigenvalue weighted by Gasteiger charge is 2.34. The minimum Gasteiger partial charge on any atom is -0.507 e. The Morgan fingerprint density at radius 2 is 2.05 bits per heavy atom. The van der Waals surface area contributed by atoms with Crippen molar-refractivity contribution < 1.29 is 14.3 Å². The lowest BCUT2D eigenvalue weighted by molar-refractivity contribution is 0.0918. The average molecular weight is 293 g/mol.